The molecule has 0 aromatic heterocycles. The average Bonchev–Trinajstić information content (AvgIpc) is 2.99. The molecule has 30 heavy (non-hydrogen) atoms. The third-order valence-corrected chi connectivity index (χ3v) is 5.48. The van der Waals surface area contributed by atoms with Gasteiger partial charge in [-0.2, -0.15) is 21.6 Å². The van der Waals surface area contributed by atoms with Gasteiger partial charge in [-0.3, -0.25) is 9.11 Å². The molecule has 3 rings (SSSR count). The van der Waals surface area contributed by atoms with E-state index in [0.29, 0.717) is 0 Å². The first-order valence-corrected chi connectivity index (χ1v) is 10.6. The monoisotopic (exact) mass is 475 g/mol. The SMILES string of the molecule is NC1=N[C@@H]2[C@H](COC(=O)NS(=O)(=O)O)N=C(N)N3C[C@@H](OS(=O)(=O)O)C(O)(O)[C@]23N1. The highest BCUT2D eigenvalue weighted by Gasteiger charge is 2.74. The molecule has 1 saturated heterocycles. The Kier molecular flexibility index (Phi) is 5.00. The fourth-order valence-electron chi connectivity index (χ4n) is 3.58. The highest BCUT2D eigenvalue weighted by atomic mass is 32.3. The summed E-state index contributed by atoms with van der Waals surface area (Å²) in [6.45, 7) is -1.31. The number of carbonyl (C=O) groups is 1. The number of ether oxygens (including phenoxy) is 1. The van der Waals surface area contributed by atoms with Crippen LogP contribution in [0.1, 0.15) is 0 Å². The second-order valence-corrected chi connectivity index (χ2v) is 8.63. The number of rotatable bonds is 5. The minimum Gasteiger partial charge on any atom is -0.446 e. The minimum atomic E-state index is -5.12. The van der Waals surface area contributed by atoms with Gasteiger partial charge in [-0.15, -0.1) is 0 Å². The lowest BCUT2D eigenvalue weighted by molar-refractivity contribution is -0.252. The van der Waals surface area contributed by atoms with Crippen molar-refractivity contribution >= 4 is 38.7 Å². The fraction of sp³-hybridized carbons (Fsp3) is 0.700. The van der Waals surface area contributed by atoms with E-state index in [1.807, 2.05) is 0 Å². The predicted molar refractivity (Wildman–Crippen MR) is 93.0 cm³/mol. The van der Waals surface area contributed by atoms with Crippen LogP contribution in [0.2, 0.25) is 0 Å². The Labute approximate surface area is 168 Å². The van der Waals surface area contributed by atoms with Gasteiger partial charge < -0.3 is 36.6 Å². The van der Waals surface area contributed by atoms with Crippen LogP contribution in [0.25, 0.3) is 0 Å². The Morgan fingerprint density at radius 2 is 1.90 bits per heavy atom. The van der Waals surface area contributed by atoms with Crippen LogP contribution in [0.5, 0.6) is 0 Å². The van der Waals surface area contributed by atoms with E-state index in [-0.39, 0.29) is 5.96 Å². The van der Waals surface area contributed by atoms with Crippen LogP contribution >= 0.6 is 0 Å². The van der Waals surface area contributed by atoms with Gasteiger partial charge in [0.05, 0.1) is 6.54 Å². The first kappa shape index (κ1) is 22.2. The van der Waals surface area contributed by atoms with Crippen molar-refractivity contribution in [2.24, 2.45) is 21.5 Å². The van der Waals surface area contributed by atoms with Crippen LogP contribution in [-0.2, 0) is 29.6 Å². The quantitative estimate of drug-likeness (QED) is 0.136. The Hall–Kier alpha value is -2.49. The number of nitrogens with one attached hydrogen (secondary N) is 2. The van der Waals surface area contributed by atoms with Crippen molar-refractivity contribution in [3.8, 4) is 0 Å². The maximum atomic E-state index is 11.4. The summed E-state index contributed by atoms with van der Waals surface area (Å²) in [5, 5.41) is 23.9. The summed E-state index contributed by atoms with van der Waals surface area (Å²) in [4.78, 5) is 20.4. The number of hydrogen-bond acceptors (Lipinski definition) is 15. The molecular formula is C10H17N7O11S2. The van der Waals surface area contributed by atoms with Crippen molar-refractivity contribution in [2.45, 2.75) is 29.6 Å². The predicted octanol–water partition coefficient (Wildman–Crippen LogP) is -5.62. The summed E-state index contributed by atoms with van der Waals surface area (Å²) in [5.41, 5.74) is 9.32. The lowest BCUT2D eigenvalue weighted by atomic mass is 9.86. The van der Waals surface area contributed by atoms with Crippen molar-refractivity contribution in [1.29, 1.82) is 0 Å². The van der Waals surface area contributed by atoms with Crippen LogP contribution in [-0.4, -0.2) is 102 Å². The van der Waals surface area contributed by atoms with Crippen LogP contribution in [0.4, 0.5) is 4.79 Å². The van der Waals surface area contributed by atoms with Gasteiger partial charge in [0, 0.05) is 0 Å². The molecule has 0 radical (unpaired) electrons. The normalized spacial score (nSPS) is 32.4. The summed E-state index contributed by atoms with van der Waals surface area (Å²) in [6.07, 6.45) is -3.55. The van der Waals surface area contributed by atoms with E-state index in [9.17, 15) is 31.8 Å². The Morgan fingerprint density at radius 3 is 2.47 bits per heavy atom. The molecule has 0 unspecified atom stereocenters. The molecule has 0 aromatic carbocycles. The van der Waals surface area contributed by atoms with E-state index in [4.69, 9.17) is 20.6 Å². The van der Waals surface area contributed by atoms with E-state index in [0.717, 1.165) is 9.62 Å². The average molecular weight is 475 g/mol. The third kappa shape index (κ3) is 3.68. The van der Waals surface area contributed by atoms with E-state index < -0.39 is 75.5 Å². The number of nitrogens with zero attached hydrogens (tertiary/aromatic N) is 3. The number of nitrogens with two attached hydrogens (primary N) is 2. The third-order valence-electron chi connectivity index (χ3n) is 4.58. The zero-order valence-electron chi connectivity index (χ0n) is 14.6. The molecule has 1 spiro atoms. The van der Waals surface area contributed by atoms with Gasteiger partial charge in [0.25, 0.3) is 0 Å². The second kappa shape index (κ2) is 6.76. The van der Waals surface area contributed by atoms with Crippen molar-refractivity contribution in [2.75, 3.05) is 13.2 Å². The number of guanidine groups is 2. The van der Waals surface area contributed by atoms with Gasteiger partial charge in [-0.05, 0) is 0 Å². The Balaban J connectivity index is 1.92. The molecule has 0 saturated carbocycles. The Morgan fingerprint density at radius 1 is 1.27 bits per heavy atom. The van der Waals surface area contributed by atoms with E-state index >= 15 is 0 Å². The van der Waals surface area contributed by atoms with Crippen molar-refractivity contribution in [3.05, 3.63) is 0 Å². The molecular weight excluding hydrogens is 458 g/mol. The first-order valence-electron chi connectivity index (χ1n) is 7.81. The molecule has 1 fully saturated rings. The van der Waals surface area contributed by atoms with Gasteiger partial charge in [-0.25, -0.2) is 19.0 Å². The number of hydrogen-bond donors (Lipinski definition) is 8. The van der Waals surface area contributed by atoms with Crippen LogP contribution in [0.3, 0.4) is 0 Å². The summed E-state index contributed by atoms with van der Waals surface area (Å²) in [6, 6.07) is -2.64. The topological polar surface area (TPSA) is 289 Å². The maximum Gasteiger partial charge on any atom is 0.422 e. The van der Waals surface area contributed by atoms with Gasteiger partial charge in [-0.1, -0.05) is 0 Å². The fourth-order valence-corrected chi connectivity index (χ4v) is 4.34. The zero-order valence-corrected chi connectivity index (χ0v) is 16.2. The molecule has 3 heterocycles. The smallest absolute Gasteiger partial charge is 0.422 e. The van der Waals surface area contributed by atoms with Crippen molar-refractivity contribution in [1.82, 2.24) is 14.9 Å². The maximum absolute atomic E-state index is 11.4. The van der Waals surface area contributed by atoms with Crippen molar-refractivity contribution < 1.29 is 49.9 Å². The largest absolute Gasteiger partial charge is 0.446 e. The molecule has 4 atom stereocenters. The van der Waals surface area contributed by atoms with E-state index in [2.05, 4.69) is 24.2 Å². The molecule has 10 N–H and O–H groups in total. The highest BCUT2D eigenvalue weighted by Crippen LogP contribution is 2.45. The van der Waals surface area contributed by atoms with Crippen LogP contribution < -0.4 is 21.5 Å². The second-order valence-electron chi connectivity index (χ2n) is 6.43. The summed E-state index contributed by atoms with van der Waals surface area (Å²) in [5.74, 6) is -3.84. The minimum absolute atomic E-state index is 0.345. The summed E-state index contributed by atoms with van der Waals surface area (Å²) >= 11 is 0. The number of carbonyl (C=O) groups excluding carboxylic acids is 1. The summed E-state index contributed by atoms with van der Waals surface area (Å²) < 4.78 is 71.1. The van der Waals surface area contributed by atoms with Gasteiger partial charge in [0.2, 0.25) is 5.79 Å². The molecule has 0 bridgehead atoms. The van der Waals surface area contributed by atoms with E-state index in [1.54, 1.807) is 0 Å². The molecule has 20 heteroatoms. The molecule has 170 valence electrons. The zero-order chi connectivity index (χ0) is 22.7. The number of amides is 1. The molecule has 0 aliphatic carbocycles. The highest BCUT2D eigenvalue weighted by molar-refractivity contribution is 7.84. The molecule has 18 nitrogen and oxygen atoms in total. The van der Waals surface area contributed by atoms with Crippen LogP contribution in [0, 0.1) is 0 Å². The summed E-state index contributed by atoms with van der Waals surface area (Å²) in [7, 11) is -10.0. The standard InChI is InChI=1S/C10H17N7O11S2/c11-6-14-5-3(2-27-8(18)16-29(21,22)23)13-7(12)17-1-4(28-30(24,25)26)10(19,20)9(5,17)15-6/h3-5,19-20H,1-2H2,(H2,12,13)(H,16,18)(H3,11,14,15)(H,21,22,23)(H,24,25,26)/t3-,4+,5+,9-/m0/s1. The lowest BCUT2D eigenvalue weighted by Crippen LogP contribution is -2.77. The van der Waals surface area contributed by atoms with Gasteiger partial charge in [0.1, 0.15) is 18.7 Å². The van der Waals surface area contributed by atoms with Gasteiger partial charge >= 0.3 is 26.8 Å². The van der Waals surface area contributed by atoms with Crippen LogP contribution in [0.15, 0.2) is 9.98 Å². The molecule has 1 amide bonds. The number of aliphatic hydroxyl groups is 2. The Bertz CT molecular complexity index is 1020. The first-order chi connectivity index (χ1) is 13.6. The van der Waals surface area contributed by atoms with Gasteiger partial charge in [0.15, 0.2) is 23.7 Å². The molecule has 3 aliphatic heterocycles. The molecule has 0 aromatic rings. The van der Waals surface area contributed by atoms with E-state index in [1.165, 1.54) is 0 Å². The molecule has 3 aliphatic rings. The van der Waals surface area contributed by atoms with Crippen molar-refractivity contribution in [3.63, 3.8) is 0 Å². The number of aliphatic imine (C=N–C) groups is 2. The lowest BCUT2D eigenvalue weighted by Gasteiger charge is -2.48.